The van der Waals surface area contributed by atoms with Crippen LogP contribution >= 0.6 is 0 Å². The van der Waals surface area contributed by atoms with Gasteiger partial charge in [0.25, 0.3) is 5.91 Å². The summed E-state index contributed by atoms with van der Waals surface area (Å²) >= 11 is 0. The lowest BCUT2D eigenvalue weighted by atomic mass is 10.1. The second-order valence-electron chi connectivity index (χ2n) is 7.98. The van der Waals surface area contributed by atoms with E-state index in [4.69, 9.17) is 4.74 Å². The quantitative estimate of drug-likeness (QED) is 0.472. The third kappa shape index (κ3) is 6.02. The molecule has 0 aliphatic heterocycles. The number of carbonyl (C=O) groups is 2. The van der Waals surface area contributed by atoms with Crippen molar-refractivity contribution >= 4 is 33.3 Å². The highest BCUT2D eigenvalue weighted by Crippen LogP contribution is 2.26. The van der Waals surface area contributed by atoms with Gasteiger partial charge in [-0.25, -0.2) is 13.2 Å². The maximum Gasteiger partial charge on any atom is 0.340 e. The Hall–Kier alpha value is -3.65. The maximum atomic E-state index is 12.8. The molecule has 178 valence electrons. The van der Waals surface area contributed by atoms with Gasteiger partial charge in [0.05, 0.1) is 36.3 Å². The SMILES string of the molecule is CCOC(=O)c1ccccc1NC(=O)c1ccc(CN(c2cc(C)ccc2C)S(C)(=O)=O)cc1. The molecule has 0 unspecified atom stereocenters. The molecule has 8 heteroatoms. The van der Waals surface area contributed by atoms with E-state index in [-0.39, 0.29) is 18.7 Å². The molecule has 0 heterocycles. The minimum Gasteiger partial charge on any atom is -0.462 e. The van der Waals surface area contributed by atoms with Crippen LogP contribution in [0.2, 0.25) is 0 Å². The first-order valence-corrected chi connectivity index (χ1v) is 12.7. The van der Waals surface area contributed by atoms with Gasteiger partial charge in [0.15, 0.2) is 0 Å². The summed E-state index contributed by atoms with van der Waals surface area (Å²) < 4.78 is 31.5. The fraction of sp³-hybridized carbons (Fsp3) is 0.231. The average molecular weight is 481 g/mol. The molecular formula is C26H28N2O5S. The van der Waals surface area contributed by atoms with Crippen LogP contribution in [0.25, 0.3) is 0 Å². The molecule has 0 spiro atoms. The van der Waals surface area contributed by atoms with E-state index in [1.165, 1.54) is 10.6 Å². The summed E-state index contributed by atoms with van der Waals surface area (Å²) in [6.45, 7) is 5.86. The Morgan fingerprint density at radius 2 is 1.65 bits per heavy atom. The van der Waals surface area contributed by atoms with Crippen LogP contribution in [0.4, 0.5) is 11.4 Å². The van der Waals surface area contributed by atoms with Crippen molar-refractivity contribution in [1.29, 1.82) is 0 Å². The molecule has 3 rings (SSSR count). The molecule has 0 aliphatic rings. The summed E-state index contributed by atoms with van der Waals surface area (Å²) in [7, 11) is -3.53. The lowest BCUT2D eigenvalue weighted by Gasteiger charge is -2.25. The first kappa shape index (κ1) is 25.0. The lowest BCUT2D eigenvalue weighted by Crippen LogP contribution is -2.30. The lowest BCUT2D eigenvalue weighted by molar-refractivity contribution is 0.0527. The van der Waals surface area contributed by atoms with E-state index >= 15 is 0 Å². The van der Waals surface area contributed by atoms with Gasteiger partial charge in [0.2, 0.25) is 10.0 Å². The number of hydrogen-bond acceptors (Lipinski definition) is 5. The predicted molar refractivity (Wildman–Crippen MR) is 134 cm³/mol. The van der Waals surface area contributed by atoms with Crippen molar-refractivity contribution in [2.45, 2.75) is 27.3 Å². The van der Waals surface area contributed by atoms with Crippen molar-refractivity contribution in [2.24, 2.45) is 0 Å². The highest BCUT2D eigenvalue weighted by Gasteiger charge is 2.20. The predicted octanol–water partition coefficient (Wildman–Crippen LogP) is 4.70. The van der Waals surface area contributed by atoms with Crippen molar-refractivity contribution in [1.82, 2.24) is 0 Å². The van der Waals surface area contributed by atoms with Gasteiger partial charge >= 0.3 is 5.97 Å². The number of sulfonamides is 1. The van der Waals surface area contributed by atoms with Crippen LogP contribution in [0, 0.1) is 13.8 Å². The van der Waals surface area contributed by atoms with E-state index in [1.807, 2.05) is 32.0 Å². The number of nitrogens with one attached hydrogen (secondary N) is 1. The van der Waals surface area contributed by atoms with Gasteiger partial charge in [0, 0.05) is 5.56 Å². The van der Waals surface area contributed by atoms with Crippen LogP contribution in [-0.2, 0) is 21.3 Å². The summed E-state index contributed by atoms with van der Waals surface area (Å²) in [5.41, 5.74) is 4.17. The second-order valence-corrected chi connectivity index (χ2v) is 9.88. The highest BCUT2D eigenvalue weighted by molar-refractivity contribution is 7.92. The van der Waals surface area contributed by atoms with Gasteiger partial charge in [-0.1, -0.05) is 36.4 Å². The largest absolute Gasteiger partial charge is 0.462 e. The van der Waals surface area contributed by atoms with Crippen LogP contribution in [0.1, 0.15) is 44.3 Å². The Kier molecular flexibility index (Phi) is 7.73. The normalized spacial score (nSPS) is 11.1. The molecular weight excluding hydrogens is 452 g/mol. The van der Waals surface area contributed by atoms with Crippen LogP contribution in [0.15, 0.2) is 66.7 Å². The fourth-order valence-corrected chi connectivity index (χ4v) is 4.41. The number of carbonyl (C=O) groups excluding carboxylic acids is 2. The maximum absolute atomic E-state index is 12.8. The number of amides is 1. The third-order valence-corrected chi connectivity index (χ3v) is 6.37. The van der Waals surface area contributed by atoms with Crippen LogP contribution in [0.3, 0.4) is 0 Å². The van der Waals surface area contributed by atoms with Crippen molar-refractivity contribution in [3.05, 3.63) is 94.5 Å². The van der Waals surface area contributed by atoms with Crippen LogP contribution < -0.4 is 9.62 Å². The smallest absolute Gasteiger partial charge is 0.340 e. The number of rotatable bonds is 8. The monoisotopic (exact) mass is 480 g/mol. The van der Waals surface area contributed by atoms with Crippen LogP contribution in [-0.4, -0.2) is 33.2 Å². The molecule has 0 atom stereocenters. The molecule has 0 fully saturated rings. The first-order valence-electron chi connectivity index (χ1n) is 10.8. The van der Waals surface area contributed by atoms with E-state index in [2.05, 4.69) is 5.32 Å². The Morgan fingerprint density at radius 1 is 0.971 bits per heavy atom. The topological polar surface area (TPSA) is 92.8 Å². The average Bonchev–Trinajstić information content (AvgIpc) is 2.79. The van der Waals surface area contributed by atoms with Gasteiger partial charge < -0.3 is 10.1 Å². The second kappa shape index (κ2) is 10.5. The summed E-state index contributed by atoms with van der Waals surface area (Å²) in [6, 6.07) is 19.0. The van der Waals surface area contributed by atoms with Gasteiger partial charge in [-0.3, -0.25) is 9.10 Å². The molecule has 0 radical (unpaired) electrons. The van der Waals surface area contributed by atoms with Gasteiger partial charge in [0.1, 0.15) is 0 Å². The van der Waals surface area contributed by atoms with E-state index in [9.17, 15) is 18.0 Å². The zero-order chi connectivity index (χ0) is 24.9. The van der Waals surface area contributed by atoms with Crippen LogP contribution in [0.5, 0.6) is 0 Å². The summed E-state index contributed by atoms with van der Waals surface area (Å²) in [4.78, 5) is 24.9. The van der Waals surface area contributed by atoms with E-state index in [1.54, 1.807) is 55.5 Å². The molecule has 1 amide bonds. The summed E-state index contributed by atoms with van der Waals surface area (Å²) in [6.07, 6.45) is 1.18. The molecule has 0 saturated carbocycles. The number of aryl methyl sites for hydroxylation is 2. The molecule has 0 saturated heterocycles. The molecule has 3 aromatic rings. The van der Waals surface area contributed by atoms with Gasteiger partial charge in [-0.2, -0.15) is 0 Å². The summed E-state index contributed by atoms with van der Waals surface area (Å²) in [5, 5.41) is 2.74. The minimum atomic E-state index is -3.53. The van der Waals surface area contributed by atoms with E-state index in [0.29, 0.717) is 16.9 Å². The highest BCUT2D eigenvalue weighted by atomic mass is 32.2. The molecule has 1 N–H and O–H groups in total. The van der Waals surface area contributed by atoms with Crippen molar-refractivity contribution in [3.8, 4) is 0 Å². The Balaban J connectivity index is 1.80. The van der Waals surface area contributed by atoms with E-state index in [0.717, 1.165) is 16.7 Å². The number of nitrogens with zero attached hydrogens (tertiary/aromatic N) is 1. The standard InChI is InChI=1S/C26H28N2O5S/c1-5-33-26(30)22-8-6-7-9-23(22)27-25(29)21-14-12-20(13-15-21)17-28(34(4,31)32)24-16-18(2)10-11-19(24)3/h6-16H,5,17H2,1-4H3,(H,27,29). The first-order chi connectivity index (χ1) is 16.1. The van der Waals surface area contributed by atoms with Gasteiger partial charge in [-0.15, -0.1) is 0 Å². The third-order valence-electron chi connectivity index (χ3n) is 5.25. The number of para-hydroxylation sites is 1. The van der Waals surface area contributed by atoms with E-state index < -0.39 is 21.9 Å². The number of benzene rings is 3. The molecule has 0 aliphatic carbocycles. The number of anilines is 2. The zero-order valence-electron chi connectivity index (χ0n) is 19.7. The molecule has 34 heavy (non-hydrogen) atoms. The molecule has 0 aromatic heterocycles. The Bertz CT molecular complexity index is 1300. The Labute approximate surface area is 200 Å². The molecule has 3 aromatic carbocycles. The zero-order valence-corrected chi connectivity index (χ0v) is 20.5. The number of hydrogen-bond donors (Lipinski definition) is 1. The van der Waals surface area contributed by atoms with Crippen molar-refractivity contribution in [3.63, 3.8) is 0 Å². The Morgan fingerprint density at radius 3 is 2.29 bits per heavy atom. The number of esters is 1. The fourth-order valence-electron chi connectivity index (χ4n) is 3.47. The van der Waals surface area contributed by atoms with Gasteiger partial charge in [-0.05, 0) is 67.8 Å². The summed E-state index contributed by atoms with van der Waals surface area (Å²) in [5.74, 6) is -0.904. The molecule has 0 bridgehead atoms. The molecule has 7 nitrogen and oxygen atoms in total. The van der Waals surface area contributed by atoms with Crippen molar-refractivity contribution in [2.75, 3.05) is 22.5 Å². The minimum absolute atomic E-state index is 0.136. The number of ether oxygens (including phenoxy) is 1. The van der Waals surface area contributed by atoms with Crippen molar-refractivity contribution < 1.29 is 22.7 Å².